The molecule has 0 aromatic carbocycles. The van der Waals surface area contributed by atoms with Crippen LogP contribution in [0, 0.1) is 11.8 Å². The van der Waals surface area contributed by atoms with Crippen molar-refractivity contribution >= 4 is 23.4 Å². The number of carbonyl (C=O) groups excluding carboxylic acids is 2. The Balaban J connectivity index is 1.48. The summed E-state index contributed by atoms with van der Waals surface area (Å²) in [5.41, 5.74) is 0. The molecule has 7 nitrogen and oxygen atoms in total. The normalized spacial score (nSPS) is 41.1. The summed E-state index contributed by atoms with van der Waals surface area (Å²) in [4.78, 5) is 29.5. The lowest BCUT2D eigenvalue weighted by Crippen LogP contribution is -2.71. The molecule has 0 aromatic heterocycles. The fourth-order valence-electron chi connectivity index (χ4n) is 5.05. The molecule has 30 heavy (non-hydrogen) atoms. The maximum absolute atomic E-state index is 14.8. The van der Waals surface area contributed by atoms with Crippen molar-refractivity contribution < 1.29 is 27.8 Å². The Morgan fingerprint density at radius 2 is 1.97 bits per heavy atom. The van der Waals surface area contributed by atoms with E-state index < -0.39 is 29.9 Å². The first-order valence-electron chi connectivity index (χ1n) is 10.7. The number of piperidine rings is 1. The number of methoxy groups -OCH3 is 1. The minimum absolute atomic E-state index is 0.0514. The van der Waals surface area contributed by atoms with Gasteiger partial charge in [-0.25, -0.2) is 8.78 Å². The molecule has 1 saturated carbocycles. The number of ether oxygens (including phenoxy) is 2. The molecule has 4 rings (SSSR count). The third-order valence-electron chi connectivity index (χ3n) is 6.92. The molecule has 1 aliphatic carbocycles. The highest BCUT2D eigenvalue weighted by Gasteiger charge is 2.50. The Labute approximate surface area is 180 Å². The highest BCUT2D eigenvalue weighted by atomic mass is 35.5. The summed E-state index contributed by atoms with van der Waals surface area (Å²) in [7, 11) is 1.53. The van der Waals surface area contributed by atoms with Gasteiger partial charge in [0.1, 0.15) is 31.1 Å². The Kier molecular flexibility index (Phi) is 6.82. The van der Waals surface area contributed by atoms with Crippen LogP contribution < -0.4 is 5.32 Å². The van der Waals surface area contributed by atoms with Gasteiger partial charge in [-0.3, -0.25) is 14.9 Å². The molecular formula is C20H30ClF2N3O4. The molecule has 3 heterocycles. The van der Waals surface area contributed by atoms with Crippen molar-refractivity contribution in [1.82, 2.24) is 15.1 Å². The lowest BCUT2D eigenvalue weighted by atomic mass is 9.85. The first-order chi connectivity index (χ1) is 14.4. The summed E-state index contributed by atoms with van der Waals surface area (Å²) < 4.78 is 39.0. The Hall–Kier alpha value is -1.03. The Bertz CT molecular complexity index is 656. The molecule has 0 bridgehead atoms. The predicted octanol–water partition coefficient (Wildman–Crippen LogP) is 1.09. The highest BCUT2D eigenvalue weighted by Crippen LogP contribution is 2.34. The summed E-state index contributed by atoms with van der Waals surface area (Å²) in [5.74, 6) is -0.513. The average Bonchev–Trinajstić information content (AvgIpc) is 2.68. The average molecular weight is 450 g/mol. The minimum atomic E-state index is -1.32. The summed E-state index contributed by atoms with van der Waals surface area (Å²) >= 11 is 6.11. The molecule has 0 radical (unpaired) electrons. The number of piperazine rings is 1. The van der Waals surface area contributed by atoms with Crippen molar-refractivity contribution in [3.8, 4) is 0 Å². The number of nitrogens with one attached hydrogen (secondary N) is 1. The van der Waals surface area contributed by atoms with Crippen LogP contribution in [-0.4, -0.2) is 97.6 Å². The van der Waals surface area contributed by atoms with Crippen molar-refractivity contribution in [2.24, 2.45) is 11.8 Å². The number of nitrogens with zero attached hydrogens (tertiary/aromatic N) is 2. The fourth-order valence-corrected chi connectivity index (χ4v) is 5.43. The molecule has 7 atom stereocenters. The van der Waals surface area contributed by atoms with Crippen LogP contribution in [-0.2, 0) is 19.1 Å². The van der Waals surface area contributed by atoms with E-state index in [4.69, 9.17) is 21.1 Å². The van der Waals surface area contributed by atoms with Crippen molar-refractivity contribution in [3.05, 3.63) is 0 Å². The zero-order valence-corrected chi connectivity index (χ0v) is 17.9. The van der Waals surface area contributed by atoms with E-state index in [1.54, 1.807) is 4.90 Å². The maximum atomic E-state index is 14.8. The fraction of sp³-hybridized carbons (Fsp3) is 0.900. The molecular weight excluding hydrogens is 420 g/mol. The number of carbonyl (C=O) groups is 2. The first-order valence-corrected chi connectivity index (χ1v) is 11.2. The van der Waals surface area contributed by atoms with Crippen molar-refractivity contribution in [2.45, 2.75) is 61.7 Å². The monoisotopic (exact) mass is 449 g/mol. The van der Waals surface area contributed by atoms with Gasteiger partial charge in [-0.15, -0.1) is 11.6 Å². The third-order valence-corrected chi connectivity index (χ3v) is 7.37. The first kappa shape index (κ1) is 22.2. The number of halogens is 3. The van der Waals surface area contributed by atoms with E-state index in [9.17, 15) is 18.4 Å². The summed E-state index contributed by atoms with van der Waals surface area (Å²) in [6.07, 6.45) is -1.78. The van der Waals surface area contributed by atoms with Crippen molar-refractivity contribution in [3.63, 3.8) is 0 Å². The van der Waals surface area contributed by atoms with Gasteiger partial charge >= 0.3 is 0 Å². The van der Waals surface area contributed by atoms with Crippen LogP contribution in [0.15, 0.2) is 0 Å². The van der Waals surface area contributed by atoms with Gasteiger partial charge in [-0.1, -0.05) is 0 Å². The van der Waals surface area contributed by atoms with E-state index in [0.29, 0.717) is 45.6 Å². The predicted molar refractivity (Wildman–Crippen MR) is 106 cm³/mol. The van der Waals surface area contributed by atoms with Crippen LogP contribution >= 0.6 is 11.6 Å². The van der Waals surface area contributed by atoms with Crippen LogP contribution in [0.5, 0.6) is 0 Å². The SMILES string of the molecule is COC1CNC(N2CC(=O)N(CC3CCC(F)C(Cl)C3)[C@@H](C3COC3)C2=O)C(F)C1. The molecule has 4 aliphatic rings. The molecule has 6 unspecified atom stereocenters. The lowest BCUT2D eigenvalue weighted by molar-refractivity contribution is -0.174. The van der Waals surface area contributed by atoms with Crippen LogP contribution in [0.3, 0.4) is 0 Å². The summed E-state index contributed by atoms with van der Waals surface area (Å²) in [6.45, 7) is 1.42. The van der Waals surface area contributed by atoms with E-state index in [2.05, 4.69) is 5.32 Å². The number of rotatable bonds is 5. The highest BCUT2D eigenvalue weighted by molar-refractivity contribution is 6.21. The van der Waals surface area contributed by atoms with Crippen LogP contribution in [0.2, 0.25) is 0 Å². The van der Waals surface area contributed by atoms with Gasteiger partial charge in [0.05, 0.1) is 24.7 Å². The van der Waals surface area contributed by atoms with Gasteiger partial charge in [-0.05, 0) is 25.2 Å². The second-order valence-corrected chi connectivity index (χ2v) is 9.49. The van der Waals surface area contributed by atoms with E-state index >= 15 is 0 Å². The zero-order valence-electron chi connectivity index (χ0n) is 17.1. The summed E-state index contributed by atoms with van der Waals surface area (Å²) in [5, 5.41) is 2.48. The third kappa shape index (κ3) is 4.31. The van der Waals surface area contributed by atoms with Crippen LogP contribution in [0.4, 0.5) is 8.78 Å². The molecule has 10 heteroatoms. The second-order valence-electron chi connectivity index (χ2n) is 8.93. The second kappa shape index (κ2) is 9.22. The molecule has 3 aliphatic heterocycles. The minimum Gasteiger partial charge on any atom is -0.380 e. The van der Waals surface area contributed by atoms with Gasteiger partial charge < -0.3 is 19.3 Å². The van der Waals surface area contributed by atoms with E-state index in [0.717, 1.165) is 0 Å². The summed E-state index contributed by atoms with van der Waals surface area (Å²) in [6, 6.07) is -0.675. The topological polar surface area (TPSA) is 71.1 Å². The van der Waals surface area contributed by atoms with Gasteiger partial charge in [0, 0.05) is 32.5 Å². The Morgan fingerprint density at radius 3 is 2.57 bits per heavy atom. The van der Waals surface area contributed by atoms with Crippen LogP contribution in [0.1, 0.15) is 25.7 Å². The molecule has 1 N–H and O–H groups in total. The van der Waals surface area contributed by atoms with Gasteiger partial charge in [0.25, 0.3) is 0 Å². The number of hydrogen-bond acceptors (Lipinski definition) is 5. The smallest absolute Gasteiger partial charge is 0.247 e. The molecule has 0 spiro atoms. The van der Waals surface area contributed by atoms with E-state index in [1.807, 2.05) is 0 Å². The molecule has 0 aromatic rings. The zero-order chi connectivity index (χ0) is 21.4. The lowest BCUT2D eigenvalue weighted by Gasteiger charge is -2.50. The van der Waals surface area contributed by atoms with E-state index in [-0.39, 0.29) is 42.7 Å². The number of alkyl halides is 3. The largest absolute Gasteiger partial charge is 0.380 e. The van der Waals surface area contributed by atoms with Gasteiger partial charge in [0.2, 0.25) is 11.8 Å². The van der Waals surface area contributed by atoms with Crippen LogP contribution in [0.25, 0.3) is 0 Å². The van der Waals surface area contributed by atoms with Crippen molar-refractivity contribution in [1.29, 1.82) is 0 Å². The molecule has 2 amide bonds. The van der Waals surface area contributed by atoms with Crippen molar-refractivity contribution in [2.75, 3.05) is 40.0 Å². The standard InChI is InChI=1S/C20H30ClF2N3O4/c1-29-13-5-16(23)19(24-6-13)26-8-17(27)25(18(20(26)28)12-9-30-10-12)7-11-2-3-15(22)14(21)4-11/h11-16,18-19,24H,2-10H2,1H3/t11?,13?,14?,15?,16?,18-,19?/m0/s1. The van der Waals surface area contributed by atoms with E-state index in [1.165, 1.54) is 12.0 Å². The molecule has 170 valence electrons. The molecule has 4 fully saturated rings. The van der Waals surface area contributed by atoms with Gasteiger partial charge in [0.15, 0.2) is 0 Å². The van der Waals surface area contributed by atoms with Gasteiger partial charge in [-0.2, -0.15) is 0 Å². The maximum Gasteiger partial charge on any atom is 0.247 e. The quantitative estimate of drug-likeness (QED) is 0.636. The Morgan fingerprint density at radius 1 is 1.20 bits per heavy atom. The number of amides is 2. The molecule has 3 saturated heterocycles. The number of hydrogen-bond donors (Lipinski definition) is 1.